The van der Waals surface area contributed by atoms with Gasteiger partial charge in [0.25, 0.3) is 5.91 Å². The molecule has 0 aliphatic rings. The molecule has 2 aromatic rings. The fourth-order valence-electron chi connectivity index (χ4n) is 2.71. The minimum atomic E-state index is -0.628. The molecule has 2 rings (SSSR count). The average Bonchev–Trinajstić information content (AvgIpc) is 2.67. The average molecular weight is 373 g/mol. The summed E-state index contributed by atoms with van der Waals surface area (Å²) < 4.78 is 21.9. The van der Waals surface area contributed by atoms with Gasteiger partial charge in [-0.3, -0.25) is 4.79 Å². The first-order chi connectivity index (χ1) is 12.9. The van der Waals surface area contributed by atoms with Crippen molar-refractivity contribution in [1.29, 1.82) is 0 Å². The Balaban J connectivity index is 2.07. The van der Waals surface area contributed by atoms with Gasteiger partial charge in [-0.2, -0.15) is 0 Å². The summed E-state index contributed by atoms with van der Waals surface area (Å²) >= 11 is 0. The Labute approximate surface area is 160 Å². The fourth-order valence-corrected chi connectivity index (χ4v) is 2.71. The van der Waals surface area contributed by atoms with Crippen molar-refractivity contribution in [2.75, 3.05) is 21.3 Å². The smallest absolute Gasteiger partial charge is 0.261 e. The molecule has 2 aromatic carbocycles. The molecule has 0 saturated heterocycles. The molecule has 1 unspecified atom stereocenters. The van der Waals surface area contributed by atoms with Crippen molar-refractivity contribution in [2.45, 2.75) is 33.4 Å². The molecule has 1 amide bonds. The van der Waals surface area contributed by atoms with Crippen LogP contribution in [0, 0.1) is 13.8 Å². The molecule has 0 saturated carbocycles. The second-order valence-electron chi connectivity index (χ2n) is 6.24. The summed E-state index contributed by atoms with van der Waals surface area (Å²) in [6.07, 6.45) is -0.628. The predicted molar refractivity (Wildman–Crippen MR) is 104 cm³/mol. The summed E-state index contributed by atoms with van der Waals surface area (Å²) in [7, 11) is 4.66. The number of hydrogen-bond acceptors (Lipinski definition) is 5. The molecule has 0 fully saturated rings. The normalized spacial score (nSPS) is 11.5. The van der Waals surface area contributed by atoms with Crippen LogP contribution in [0.15, 0.2) is 30.3 Å². The maximum atomic E-state index is 12.5. The summed E-state index contributed by atoms with van der Waals surface area (Å²) in [5.41, 5.74) is 2.85. The van der Waals surface area contributed by atoms with Crippen LogP contribution >= 0.6 is 0 Å². The minimum absolute atomic E-state index is 0.215. The summed E-state index contributed by atoms with van der Waals surface area (Å²) in [6, 6.07) is 9.52. The van der Waals surface area contributed by atoms with Gasteiger partial charge in [0, 0.05) is 12.1 Å². The monoisotopic (exact) mass is 373 g/mol. The highest BCUT2D eigenvalue weighted by Gasteiger charge is 2.19. The highest BCUT2D eigenvalue weighted by atomic mass is 16.5. The van der Waals surface area contributed by atoms with Gasteiger partial charge in [0.05, 0.1) is 21.3 Å². The first-order valence-electron chi connectivity index (χ1n) is 8.70. The molecule has 6 heteroatoms. The number of nitrogens with one attached hydrogen (secondary N) is 1. The lowest BCUT2D eigenvalue weighted by Gasteiger charge is -2.18. The minimum Gasteiger partial charge on any atom is -0.493 e. The summed E-state index contributed by atoms with van der Waals surface area (Å²) in [5.74, 6) is 2.08. The van der Waals surface area contributed by atoms with Crippen LogP contribution in [0.1, 0.15) is 23.6 Å². The largest absolute Gasteiger partial charge is 0.493 e. The zero-order valence-corrected chi connectivity index (χ0v) is 16.7. The molecule has 0 radical (unpaired) electrons. The summed E-state index contributed by atoms with van der Waals surface area (Å²) in [5, 5.41) is 2.88. The Kier molecular flexibility index (Phi) is 6.93. The standard InChI is InChI=1S/C21H27NO5/c1-13-7-8-14(2)18(11-13)27-15(3)21(23)22-12-16-9-10-17(24-4)20(26-6)19(16)25-5/h7-11,15H,12H2,1-6H3,(H,22,23). The van der Waals surface area contributed by atoms with Crippen molar-refractivity contribution in [3.05, 3.63) is 47.0 Å². The SMILES string of the molecule is COc1ccc(CNC(=O)C(C)Oc2cc(C)ccc2C)c(OC)c1OC. The lowest BCUT2D eigenvalue weighted by atomic mass is 10.1. The molecule has 27 heavy (non-hydrogen) atoms. The van der Waals surface area contributed by atoms with Crippen LogP contribution in [0.25, 0.3) is 0 Å². The maximum absolute atomic E-state index is 12.5. The van der Waals surface area contributed by atoms with Crippen molar-refractivity contribution in [2.24, 2.45) is 0 Å². The van der Waals surface area contributed by atoms with Crippen LogP contribution in [-0.4, -0.2) is 33.3 Å². The van der Waals surface area contributed by atoms with Crippen molar-refractivity contribution < 1.29 is 23.7 Å². The van der Waals surface area contributed by atoms with Crippen LogP contribution < -0.4 is 24.3 Å². The number of rotatable bonds is 8. The quantitative estimate of drug-likeness (QED) is 0.768. The van der Waals surface area contributed by atoms with Gasteiger partial charge in [0.1, 0.15) is 5.75 Å². The molecule has 1 N–H and O–H groups in total. The van der Waals surface area contributed by atoms with Crippen LogP contribution in [0.4, 0.5) is 0 Å². The van der Waals surface area contributed by atoms with E-state index in [9.17, 15) is 4.79 Å². The third kappa shape index (κ3) is 4.84. The van der Waals surface area contributed by atoms with Gasteiger partial charge >= 0.3 is 0 Å². The van der Waals surface area contributed by atoms with Crippen molar-refractivity contribution in [1.82, 2.24) is 5.32 Å². The van der Waals surface area contributed by atoms with E-state index >= 15 is 0 Å². The number of methoxy groups -OCH3 is 3. The lowest BCUT2D eigenvalue weighted by molar-refractivity contribution is -0.127. The van der Waals surface area contributed by atoms with E-state index in [1.165, 1.54) is 0 Å². The lowest BCUT2D eigenvalue weighted by Crippen LogP contribution is -2.36. The molecule has 0 spiro atoms. The van der Waals surface area contributed by atoms with Gasteiger partial charge in [-0.25, -0.2) is 0 Å². The molecule has 0 aliphatic heterocycles. The molecular formula is C21H27NO5. The molecule has 0 aliphatic carbocycles. The molecule has 0 aromatic heterocycles. The Morgan fingerprint density at radius 3 is 2.30 bits per heavy atom. The van der Waals surface area contributed by atoms with E-state index in [2.05, 4.69) is 5.32 Å². The van der Waals surface area contributed by atoms with Gasteiger partial charge in [0.15, 0.2) is 17.6 Å². The summed E-state index contributed by atoms with van der Waals surface area (Å²) in [6.45, 7) is 5.94. The van der Waals surface area contributed by atoms with Gasteiger partial charge in [-0.05, 0) is 50.1 Å². The third-order valence-corrected chi connectivity index (χ3v) is 4.26. The molecule has 6 nitrogen and oxygen atoms in total. The second kappa shape index (κ2) is 9.16. The van der Waals surface area contributed by atoms with Gasteiger partial charge in [-0.1, -0.05) is 12.1 Å². The van der Waals surface area contributed by atoms with Crippen molar-refractivity contribution in [3.63, 3.8) is 0 Å². The van der Waals surface area contributed by atoms with Crippen LogP contribution in [-0.2, 0) is 11.3 Å². The van der Waals surface area contributed by atoms with Crippen molar-refractivity contribution >= 4 is 5.91 Å². The first kappa shape index (κ1) is 20.4. The number of ether oxygens (including phenoxy) is 4. The molecule has 146 valence electrons. The van der Waals surface area contributed by atoms with E-state index in [0.717, 1.165) is 16.7 Å². The van der Waals surface area contributed by atoms with E-state index in [-0.39, 0.29) is 12.5 Å². The maximum Gasteiger partial charge on any atom is 0.261 e. The zero-order chi connectivity index (χ0) is 20.0. The topological polar surface area (TPSA) is 66.0 Å². The molecular weight excluding hydrogens is 346 g/mol. The predicted octanol–water partition coefficient (Wildman–Crippen LogP) is 3.41. The van der Waals surface area contributed by atoms with Crippen LogP contribution in [0.3, 0.4) is 0 Å². The number of aryl methyl sites for hydroxylation is 2. The second-order valence-corrected chi connectivity index (χ2v) is 6.24. The highest BCUT2D eigenvalue weighted by Crippen LogP contribution is 2.39. The third-order valence-electron chi connectivity index (χ3n) is 4.26. The number of carbonyl (C=O) groups excluding carboxylic acids is 1. The first-order valence-corrected chi connectivity index (χ1v) is 8.70. The Morgan fingerprint density at radius 2 is 1.67 bits per heavy atom. The molecule has 0 bridgehead atoms. The Hall–Kier alpha value is -2.89. The van der Waals surface area contributed by atoms with Crippen LogP contribution in [0.5, 0.6) is 23.0 Å². The number of carbonyl (C=O) groups is 1. The fraction of sp³-hybridized carbons (Fsp3) is 0.381. The van der Waals surface area contributed by atoms with E-state index in [4.69, 9.17) is 18.9 Å². The van der Waals surface area contributed by atoms with Gasteiger partial charge in [-0.15, -0.1) is 0 Å². The molecule has 0 heterocycles. The highest BCUT2D eigenvalue weighted by molar-refractivity contribution is 5.80. The summed E-state index contributed by atoms with van der Waals surface area (Å²) in [4.78, 5) is 12.5. The number of amides is 1. The number of hydrogen-bond donors (Lipinski definition) is 1. The van der Waals surface area contributed by atoms with E-state index in [1.807, 2.05) is 38.1 Å². The zero-order valence-electron chi connectivity index (χ0n) is 16.7. The Morgan fingerprint density at radius 1 is 0.963 bits per heavy atom. The van der Waals surface area contributed by atoms with E-state index in [1.54, 1.807) is 34.3 Å². The van der Waals surface area contributed by atoms with E-state index in [0.29, 0.717) is 23.0 Å². The Bertz CT molecular complexity index is 803. The van der Waals surface area contributed by atoms with Crippen LogP contribution in [0.2, 0.25) is 0 Å². The number of benzene rings is 2. The van der Waals surface area contributed by atoms with E-state index < -0.39 is 6.10 Å². The van der Waals surface area contributed by atoms with Gasteiger partial charge in [0.2, 0.25) is 5.75 Å². The molecule has 1 atom stereocenters. The van der Waals surface area contributed by atoms with Crippen molar-refractivity contribution in [3.8, 4) is 23.0 Å². The van der Waals surface area contributed by atoms with Gasteiger partial charge < -0.3 is 24.3 Å².